The molecule has 0 aliphatic heterocycles. The Kier molecular flexibility index (Phi) is 3.98. The fraction of sp³-hybridized carbons (Fsp3) is 0.0625. The molecule has 0 aliphatic carbocycles. The van der Waals surface area contributed by atoms with Crippen molar-refractivity contribution < 1.29 is 0 Å². The number of halogens is 2. The van der Waals surface area contributed by atoms with E-state index in [9.17, 15) is 4.79 Å². The zero-order valence-corrected chi connectivity index (χ0v) is 13.4. The van der Waals surface area contributed by atoms with Gasteiger partial charge in [0, 0.05) is 21.0 Å². The fourth-order valence-corrected chi connectivity index (χ4v) is 3.38. The lowest BCUT2D eigenvalue weighted by atomic mass is 10.2. The van der Waals surface area contributed by atoms with Crippen molar-refractivity contribution in [1.82, 2.24) is 4.98 Å². The van der Waals surface area contributed by atoms with Gasteiger partial charge in [0.25, 0.3) is 0 Å². The Morgan fingerprint density at radius 3 is 2.48 bits per heavy atom. The van der Waals surface area contributed by atoms with Gasteiger partial charge in [-0.3, -0.25) is 4.79 Å². The molecule has 0 aliphatic rings. The molecule has 0 radical (unpaired) electrons. The summed E-state index contributed by atoms with van der Waals surface area (Å²) in [6.07, 6.45) is 0. The van der Waals surface area contributed by atoms with E-state index in [4.69, 9.17) is 23.2 Å². The summed E-state index contributed by atoms with van der Waals surface area (Å²) in [5, 5.41) is 1.83. The van der Waals surface area contributed by atoms with Gasteiger partial charge in [0.15, 0.2) is 0 Å². The maximum absolute atomic E-state index is 12.6. The molecule has 1 N–H and O–H groups in total. The van der Waals surface area contributed by atoms with Gasteiger partial charge in [-0.2, -0.15) is 0 Å². The molecule has 21 heavy (non-hydrogen) atoms. The summed E-state index contributed by atoms with van der Waals surface area (Å²) in [6, 6.07) is 12.8. The molecule has 0 spiro atoms. The van der Waals surface area contributed by atoms with Crippen LogP contribution in [0.4, 0.5) is 0 Å². The minimum atomic E-state index is -0.0105. The molecule has 1 heterocycles. The van der Waals surface area contributed by atoms with Crippen LogP contribution in [0.5, 0.6) is 0 Å². The number of aryl methyl sites for hydroxylation is 1. The second kappa shape index (κ2) is 5.76. The van der Waals surface area contributed by atoms with E-state index in [0.29, 0.717) is 25.8 Å². The lowest BCUT2D eigenvalue weighted by Crippen LogP contribution is -2.08. The Bertz CT molecular complexity index is 872. The highest BCUT2D eigenvalue weighted by molar-refractivity contribution is 7.99. The number of nitrogens with one attached hydrogen (secondary N) is 1. The molecule has 0 saturated carbocycles. The average Bonchev–Trinajstić information content (AvgIpc) is 2.47. The number of para-hydroxylation sites is 1. The van der Waals surface area contributed by atoms with Crippen LogP contribution in [0.15, 0.2) is 57.1 Å². The van der Waals surface area contributed by atoms with Crippen molar-refractivity contribution in [3.63, 3.8) is 0 Å². The first-order valence-electron chi connectivity index (χ1n) is 6.31. The summed E-state index contributed by atoms with van der Waals surface area (Å²) >= 11 is 13.4. The van der Waals surface area contributed by atoms with Crippen LogP contribution >= 0.6 is 35.0 Å². The fourth-order valence-electron chi connectivity index (χ4n) is 2.12. The SMILES string of the molecule is Cc1[nH]c2c(Cl)cccc2c(=O)c1Sc1ccc(Cl)cc1. The minimum absolute atomic E-state index is 0.0105. The van der Waals surface area contributed by atoms with Gasteiger partial charge in [-0.1, -0.05) is 41.0 Å². The number of pyridine rings is 1. The van der Waals surface area contributed by atoms with Crippen molar-refractivity contribution in [2.45, 2.75) is 16.7 Å². The summed E-state index contributed by atoms with van der Waals surface area (Å²) in [6.45, 7) is 1.88. The van der Waals surface area contributed by atoms with Crippen LogP contribution in [0.1, 0.15) is 5.69 Å². The Labute approximate surface area is 136 Å². The normalized spacial score (nSPS) is 11.0. The number of benzene rings is 2. The molecule has 0 fully saturated rings. The zero-order chi connectivity index (χ0) is 15.0. The summed E-state index contributed by atoms with van der Waals surface area (Å²) in [5.41, 5.74) is 1.48. The van der Waals surface area contributed by atoms with Crippen molar-refractivity contribution in [3.8, 4) is 0 Å². The summed E-state index contributed by atoms with van der Waals surface area (Å²) < 4.78 is 0. The molecule has 2 nitrogen and oxygen atoms in total. The van der Waals surface area contributed by atoms with Crippen LogP contribution < -0.4 is 5.43 Å². The van der Waals surface area contributed by atoms with Gasteiger partial charge in [-0.05, 0) is 43.3 Å². The van der Waals surface area contributed by atoms with Gasteiger partial charge in [0.1, 0.15) is 0 Å². The first kappa shape index (κ1) is 14.5. The van der Waals surface area contributed by atoms with E-state index >= 15 is 0 Å². The highest BCUT2D eigenvalue weighted by Gasteiger charge is 2.12. The minimum Gasteiger partial charge on any atom is -0.356 e. The Balaban J connectivity index is 2.15. The van der Waals surface area contributed by atoms with Gasteiger partial charge in [0.2, 0.25) is 5.43 Å². The number of H-pyrrole nitrogens is 1. The molecule has 2 aromatic carbocycles. The zero-order valence-electron chi connectivity index (χ0n) is 11.1. The number of fused-ring (bicyclic) bond motifs is 1. The first-order chi connectivity index (χ1) is 10.1. The van der Waals surface area contributed by atoms with Crippen molar-refractivity contribution in [2.75, 3.05) is 0 Å². The van der Waals surface area contributed by atoms with E-state index in [1.807, 2.05) is 31.2 Å². The highest BCUT2D eigenvalue weighted by atomic mass is 35.5. The average molecular weight is 336 g/mol. The quantitative estimate of drug-likeness (QED) is 0.689. The number of aromatic nitrogens is 1. The van der Waals surface area contributed by atoms with Crippen LogP contribution in [-0.4, -0.2) is 4.98 Å². The molecule has 0 atom stereocenters. The third kappa shape index (κ3) is 2.82. The summed E-state index contributed by atoms with van der Waals surface area (Å²) in [4.78, 5) is 17.5. The lowest BCUT2D eigenvalue weighted by molar-refractivity contribution is 1.13. The molecule has 0 bridgehead atoms. The first-order valence-corrected chi connectivity index (χ1v) is 7.88. The third-order valence-electron chi connectivity index (χ3n) is 3.15. The molecule has 106 valence electrons. The molecule has 3 rings (SSSR count). The van der Waals surface area contributed by atoms with Crippen molar-refractivity contribution in [3.05, 3.63) is 68.4 Å². The van der Waals surface area contributed by atoms with Crippen LogP contribution in [-0.2, 0) is 0 Å². The van der Waals surface area contributed by atoms with E-state index in [1.54, 1.807) is 18.2 Å². The molecule has 0 amide bonds. The molecule has 5 heteroatoms. The number of aromatic amines is 1. The van der Waals surface area contributed by atoms with E-state index < -0.39 is 0 Å². The predicted molar refractivity (Wildman–Crippen MR) is 89.9 cm³/mol. The van der Waals surface area contributed by atoms with E-state index in [1.165, 1.54) is 11.8 Å². The van der Waals surface area contributed by atoms with Gasteiger partial charge >= 0.3 is 0 Å². The molecular weight excluding hydrogens is 325 g/mol. The molecule has 1 aromatic heterocycles. The standard InChI is InChI=1S/C16H11Cl2NOS/c1-9-16(21-11-7-5-10(17)6-8-11)15(20)12-3-2-4-13(18)14(12)19-9/h2-8H,1H3,(H,19,20). The van der Waals surface area contributed by atoms with Crippen LogP contribution in [0.2, 0.25) is 10.0 Å². The van der Waals surface area contributed by atoms with Crippen LogP contribution in [0.3, 0.4) is 0 Å². The van der Waals surface area contributed by atoms with Gasteiger partial charge in [-0.15, -0.1) is 0 Å². The second-order valence-electron chi connectivity index (χ2n) is 4.63. The maximum atomic E-state index is 12.6. The Morgan fingerprint density at radius 1 is 1.05 bits per heavy atom. The highest BCUT2D eigenvalue weighted by Crippen LogP contribution is 2.30. The van der Waals surface area contributed by atoms with Crippen LogP contribution in [0.25, 0.3) is 10.9 Å². The van der Waals surface area contributed by atoms with E-state index in [0.717, 1.165) is 10.6 Å². The maximum Gasteiger partial charge on any atom is 0.203 e. The second-order valence-corrected chi connectivity index (χ2v) is 6.55. The van der Waals surface area contributed by atoms with Crippen molar-refractivity contribution in [2.24, 2.45) is 0 Å². The van der Waals surface area contributed by atoms with Gasteiger partial charge in [-0.25, -0.2) is 0 Å². The Morgan fingerprint density at radius 2 is 1.76 bits per heavy atom. The largest absolute Gasteiger partial charge is 0.356 e. The molecule has 0 unspecified atom stereocenters. The third-order valence-corrected chi connectivity index (χ3v) is 4.92. The molecule has 0 saturated heterocycles. The van der Waals surface area contributed by atoms with Crippen molar-refractivity contribution in [1.29, 1.82) is 0 Å². The smallest absolute Gasteiger partial charge is 0.203 e. The Hall–Kier alpha value is -1.42. The topological polar surface area (TPSA) is 32.9 Å². The summed E-state index contributed by atoms with van der Waals surface area (Å²) in [7, 11) is 0. The number of rotatable bonds is 2. The van der Waals surface area contributed by atoms with Crippen LogP contribution in [0, 0.1) is 6.92 Å². The van der Waals surface area contributed by atoms with Gasteiger partial charge in [0.05, 0.1) is 15.4 Å². The predicted octanol–water partition coefficient (Wildman–Crippen LogP) is 5.29. The molecule has 3 aromatic rings. The summed E-state index contributed by atoms with van der Waals surface area (Å²) in [5.74, 6) is 0. The van der Waals surface area contributed by atoms with E-state index in [-0.39, 0.29) is 5.43 Å². The van der Waals surface area contributed by atoms with Gasteiger partial charge < -0.3 is 4.98 Å². The molecular formula is C16H11Cl2NOS. The number of hydrogen-bond acceptors (Lipinski definition) is 2. The van der Waals surface area contributed by atoms with E-state index in [2.05, 4.69) is 4.98 Å². The number of hydrogen-bond donors (Lipinski definition) is 1. The lowest BCUT2D eigenvalue weighted by Gasteiger charge is -2.08. The van der Waals surface area contributed by atoms with Crippen molar-refractivity contribution >= 4 is 45.9 Å². The monoisotopic (exact) mass is 335 g/mol.